The molecule has 3 heterocycles. The van der Waals surface area contributed by atoms with Gasteiger partial charge in [0.25, 0.3) is 11.5 Å². The van der Waals surface area contributed by atoms with Crippen LogP contribution in [0.1, 0.15) is 43.9 Å². The number of esters is 1. The predicted octanol–water partition coefficient (Wildman–Crippen LogP) is 3.60. The molecule has 1 amide bonds. The molecule has 2 aromatic carbocycles. The molecule has 46 heavy (non-hydrogen) atoms. The van der Waals surface area contributed by atoms with Crippen molar-refractivity contribution in [3.63, 3.8) is 0 Å². The van der Waals surface area contributed by atoms with Crippen molar-refractivity contribution >= 4 is 45.2 Å². The Morgan fingerprint density at radius 1 is 1.07 bits per heavy atom. The molecule has 0 bridgehead atoms. The number of ether oxygens (including phenoxy) is 5. The summed E-state index contributed by atoms with van der Waals surface area (Å²) in [5.74, 6) is 0.700. The van der Waals surface area contributed by atoms with E-state index in [1.807, 2.05) is 19.1 Å². The minimum absolute atomic E-state index is 0.128. The Labute approximate surface area is 278 Å². The first-order valence-electron chi connectivity index (χ1n) is 15.0. The third kappa shape index (κ3) is 7.06. The van der Waals surface area contributed by atoms with Gasteiger partial charge in [0, 0.05) is 23.1 Å². The fraction of sp³-hybridized carbons (Fsp3) is 0.394. The first-order chi connectivity index (χ1) is 22.3. The maximum Gasteiger partial charge on any atom is 0.338 e. The summed E-state index contributed by atoms with van der Waals surface area (Å²) in [5.41, 5.74) is 1.89. The summed E-state index contributed by atoms with van der Waals surface area (Å²) in [5, 5.41) is 0. The molecule has 0 radical (unpaired) electrons. The van der Waals surface area contributed by atoms with Gasteiger partial charge in [0.15, 0.2) is 22.9 Å². The molecule has 0 unspecified atom stereocenters. The summed E-state index contributed by atoms with van der Waals surface area (Å²) < 4.78 is 30.6. The molecule has 0 N–H and O–H groups in total. The van der Waals surface area contributed by atoms with E-state index in [9.17, 15) is 14.4 Å². The third-order valence-corrected chi connectivity index (χ3v) is 9.06. The van der Waals surface area contributed by atoms with E-state index in [0.29, 0.717) is 81.7 Å². The zero-order valence-electron chi connectivity index (χ0n) is 26.2. The number of amides is 1. The molecule has 2 aliphatic heterocycles. The van der Waals surface area contributed by atoms with Crippen LogP contribution >= 0.6 is 27.3 Å². The van der Waals surface area contributed by atoms with Crippen molar-refractivity contribution in [1.29, 1.82) is 0 Å². The fourth-order valence-corrected chi connectivity index (χ4v) is 6.82. The van der Waals surface area contributed by atoms with E-state index in [4.69, 9.17) is 28.7 Å². The van der Waals surface area contributed by atoms with E-state index in [1.54, 1.807) is 49.3 Å². The van der Waals surface area contributed by atoms with E-state index in [0.717, 1.165) is 10.9 Å². The van der Waals surface area contributed by atoms with Crippen LogP contribution in [0.25, 0.3) is 6.08 Å². The second-order valence-corrected chi connectivity index (χ2v) is 12.4. The number of hydrogen-bond acceptors (Lipinski definition) is 10. The van der Waals surface area contributed by atoms with Crippen LogP contribution in [0.5, 0.6) is 17.2 Å². The molecular weight excluding hydrogens is 678 g/mol. The van der Waals surface area contributed by atoms with Crippen LogP contribution in [-0.2, 0) is 19.1 Å². The Hall–Kier alpha value is -3.94. The highest BCUT2D eigenvalue weighted by Gasteiger charge is 2.36. The molecule has 1 aromatic heterocycles. The van der Waals surface area contributed by atoms with Crippen molar-refractivity contribution in [2.45, 2.75) is 32.7 Å². The number of halogens is 1. The number of allylic oxidation sites excluding steroid dienone is 1. The monoisotopic (exact) mass is 713 g/mol. The van der Waals surface area contributed by atoms with Crippen LogP contribution in [0.2, 0.25) is 0 Å². The van der Waals surface area contributed by atoms with E-state index in [2.05, 4.69) is 15.9 Å². The number of carbonyl (C=O) groups excluding carboxylic acids is 2. The van der Waals surface area contributed by atoms with Gasteiger partial charge in [0.05, 0.1) is 49.8 Å². The highest BCUT2D eigenvalue weighted by Crippen LogP contribution is 2.38. The van der Waals surface area contributed by atoms with Crippen molar-refractivity contribution in [3.05, 3.63) is 83.0 Å². The Kier molecular flexibility index (Phi) is 11.0. The lowest BCUT2D eigenvalue weighted by Crippen LogP contribution is -2.43. The van der Waals surface area contributed by atoms with Gasteiger partial charge in [-0.25, -0.2) is 9.79 Å². The summed E-state index contributed by atoms with van der Waals surface area (Å²) in [6.07, 6.45) is 3.02. The third-order valence-electron chi connectivity index (χ3n) is 7.58. The second kappa shape index (κ2) is 15.1. The van der Waals surface area contributed by atoms with Crippen molar-refractivity contribution in [3.8, 4) is 17.2 Å². The molecule has 5 rings (SSSR count). The minimum Gasteiger partial charge on any atom is -0.496 e. The zero-order chi connectivity index (χ0) is 32.8. The number of benzene rings is 2. The molecule has 0 spiro atoms. The highest BCUT2D eigenvalue weighted by molar-refractivity contribution is 9.10. The molecule has 13 heteroatoms. The Balaban J connectivity index is 1.57. The highest BCUT2D eigenvalue weighted by atomic mass is 79.9. The number of nitrogens with zero attached hydrogens (tertiary/aromatic N) is 3. The van der Waals surface area contributed by atoms with E-state index in [-0.39, 0.29) is 24.7 Å². The predicted molar refractivity (Wildman–Crippen MR) is 176 cm³/mol. The lowest BCUT2D eigenvalue weighted by atomic mass is 9.93. The van der Waals surface area contributed by atoms with E-state index < -0.39 is 12.0 Å². The van der Waals surface area contributed by atoms with Gasteiger partial charge >= 0.3 is 5.97 Å². The summed E-state index contributed by atoms with van der Waals surface area (Å²) in [4.78, 5) is 47.2. The zero-order valence-corrected chi connectivity index (χ0v) is 28.6. The number of fused-ring (bicyclic) bond motifs is 1. The van der Waals surface area contributed by atoms with Crippen LogP contribution in [0.15, 0.2) is 61.9 Å². The first kappa shape index (κ1) is 33.4. The molecule has 2 aliphatic rings. The molecule has 244 valence electrons. The Bertz CT molecular complexity index is 1830. The fourth-order valence-electron chi connectivity index (χ4n) is 5.42. The normalized spacial score (nSPS) is 16.5. The van der Waals surface area contributed by atoms with Gasteiger partial charge in [-0.1, -0.05) is 46.7 Å². The topological polar surface area (TPSA) is 118 Å². The lowest BCUT2D eigenvalue weighted by molar-refractivity contribution is -0.139. The van der Waals surface area contributed by atoms with Crippen LogP contribution in [0.4, 0.5) is 0 Å². The Morgan fingerprint density at radius 3 is 2.50 bits per heavy atom. The maximum atomic E-state index is 14.2. The van der Waals surface area contributed by atoms with Crippen molar-refractivity contribution in [2.24, 2.45) is 4.99 Å². The van der Waals surface area contributed by atoms with Crippen LogP contribution in [0, 0.1) is 0 Å². The van der Waals surface area contributed by atoms with E-state index in [1.165, 1.54) is 23.0 Å². The largest absolute Gasteiger partial charge is 0.496 e. The molecule has 11 nitrogen and oxygen atoms in total. The number of hydrogen-bond donors (Lipinski definition) is 0. The van der Waals surface area contributed by atoms with Crippen LogP contribution in [0.3, 0.4) is 0 Å². The van der Waals surface area contributed by atoms with Crippen molar-refractivity contribution < 1.29 is 33.3 Å². The second-order valence-electron chi connectivity index (χ2n) is 10.5. The van der Waals surface area contributed by atoms with Crippen LogP contribution in [-0.4, -0.2) is 75.1 Å². The number of rotatable bonds is 11. The van der Waals surface area contributed by atoms with Gasteiger partial charge < -0.3 is 28.6 Å². The van der Waals surface area contributed by atoms with Gasteiger partial charge in [-0.3, -0.25) is 14.2 Å². The van der Waals surface area contributed by atoms with Gasteiger partial charge in [-0.15, -0.1) is 0 Å². The number of carbonyl (C=O) groups is 2. The van der Waals surface area contributed by atoms with Gasteiger partial charge in [-0.05, 0) is 55.3 Å². The van der Waals surface area contributed by atoms with Crippen molar-refractivity contribution in [1.82, 2.24) is 9.47 Å². The van der Waals surface area contributed by atoms with Gasteiger partial charge in [0.1, 0.15) is 11.8 Å². The van der Waals surface area contributed by atoms with Gasteiger partial charge in [-0.2, -0.15) is 0 Å². The van der Waals surface area contributed by atoms with Gasteiger partial charge in [0.2, 0.25) is 0 Å². The summed E-state index contributed by atoms with van der Waals surface area (Å²) >= 11 is 4.78. The number of morpholine rings is 1. The summed E-state index contributed by atoms with van der Waals surface area (Å²) in [7, 11) is 3.07. The Morgan fingerprint density at radius 2 is 1.80 bits per heavy atom. The summed E-state index contributed by atoms with van der Waals surface area (Å²) in [6, 6.07) is 9.91. The SMILES string of the molecule is CCCC1=C(C(=O)OCC)[C@@H](c2cc(Br)ccc2OC)n2c(s/c(=C\c3ccc(OCC(=O)N4CCOCC4)c(OC)c3)c2=O)=N1. The van der Waals surface area contributed by atoms with Crippen molar-refractivity contribution in [2.75, 3.05) is 53.7 Å². The lowest BCUT2D eigenvalue weighted by Gasteiger charge is -2.27. The van der Waals surface area contributed by atoms with Crippen LogP contribution < -0.4 is 29.1 Å². The molecule has 0 saturated carbocycles. The average Bonchev–Trinajstić information content (AvgIpc) is 3.37. The molecule has 0 aliphatic carbocycles. The molecule has 1 fully saturated rings. The first-order valence-corrected chi connectivity index (χ1v) is 16.6. The maximum absolute atomic E-state index is 14.2. The smallest absolute Gasteiger partial charge is 0.338 e. The molecular formula is C33H36BrN3O8S. The number of aromatic nitrogens is 1. The average molecular weight is 715 g/mol. The van der Waals surface area contributed by atoms with E-state index >= 15 is 0 Å². The number of thiazole rings is 1. The molecule has 3 aromatic rings. The number of methoxy groups -OCH3 is 2. The quantitative estimate of drug-likeness (QED) is 0.277. The summed E-state index contributed by atoms with van der Waals surface area (Å²) in [6.45, 7) is 5.89. The molecule has 1 saturated heterocycles. The minimum atomic E-state index is -0.819. The standard InChI is InChI=1S/C33H36BrN3O8S/c1-5-7-23-29(32(40)44-6-2)30(22-18-21(34)9-11-24(22)41-3)37-31(39)27(46-33(37)35-23)17-20-8-10-25(26(16-20)42-4)45-19-28(38)36-12-14-43-15-13-36/h8-11,16-18,30H,5-7,12-15,19H2,1-4H3/b27-17-/t30-/m1/s1. The molecule has 1 atom stereocenters.